The number of sulfonamides is 1. The first-order chi connectivity index (χ1) is 16.6. The lowest BCUT2D eigenvalue weighted by Gasteiger charge is -2.28. The van der Waals surface area contributed by atoms with Crippen molar-refractivity contribution in [1.29, 1.82) is 0 Å². The van der Waals surface area contributed by atoms with E-state index in [0.29, 0.717) is 11.3 Å². The first-order valence-electron chi connectivity index (χ1n) is 11.1. The van der Waals surface area contributed by atoms with E-state index in [1.807, 2.05) is 12.1 Å². The van der Waals surface area contributed by atoms with Crippen molar-refractivity contribution in [3.63, 3.8) is 0 Å². The molecule has 0 atom stereocenters. The lowest BCUT2D eigenvalue weighted by Crippen LogP contribution is -2.29. The summed E-state index contributed by atoms with van der Waals surface area (Å²) in [5.74, 6) is -0.340. The van der Waals surface area contributed by atoms with Crippen LogP contribution in [0.2, 0.25) is 0 Å². The number of amides is 1. The molecule has 4 rings (SSSR count). The third kappa shape index (κ3) is 6.13. The van der Waals surface area contributed by atoms with E-state index in [-0.39, 0.29) is 16.5 Å². The average molecular weight is 504 g/mol. The van der Waals surface area contributed by atoms with Crippen molar-refractivity contribution < 1.29 is 26.4 Å². The monoisotopic (exact) mass is 503 g/mol. The lowest BCUT2D eigenvalue weighted by molar-refractivity contribution is -0.137. The van der Waals surface area contributed by atoms with E-state index in [9.17, 15) is 26.4 Å². The van der Waals surface area contributed by atoms with Crippen molar-refractivity contribution in [3.8, 4) is 0 Å². The Bertz CT molecular complexity index is 1290. The molecule has 0 bridgehead atoms. The zero-order chi connectivity index (χ0) is 25.1. The van der Waals surface area contributed by atoms with Gasteiger partial charge in [0.2, 0.25) is 0 Å². The molecule has 0 aromatic heterocycles. The summed E-state index contributed by atoms with van der Waals surface area (Å²) in [7, 11) is -4.12. The van der Waals surface area contributed by atoms with Gasteiger partial charge in [-0.1, -0.05) is 6.07 Å². The fraction of sp³-hybridized carbons (Fsp3) is 0.240. The fourth-order valence-electron chi connectivity index (χ4n) is 3.87. The van der Waals surface area contributed by atoms with Crippen molar-refractivity contribution >= 4 is 33.0 Å². The molecule has 0 spiro atoms. The number of hydrogen-bond donors (Lipinski definition) is 2. The summed E-state index contributed by atoms with van der Waals surface area (Å²) in [6.07, 6.45) is -1.04. The maximum atomic E-state index is 12.9. The number of piperidine rings is 1. The molecule has 0 aliphatic carbocycles. The van der Waals surface area contributed by atoms with Crippen LogP contribution in [0.1, 0.15) is 35.2 Å². The summed E-state index contributed by atoms with van der Waals surface area (Å²) in [5.41, 5.74) is 0.760. The van der Waals surface area contributed by atoms with Crippen molar-refractivity contribution in [2.45, 2.75) is 30.3 Å². The number of rotatable bonds is 6. The Morgan fingerprint density at radius 1 is 0.829 bits per heavy atom. The number of benzene rings is 3. The van der Waals surface area contributed by atoms with E-state index in [1.165, 1.54) is 36.8 Å². The van der Waals surface area contributed by atoms with Crippen LogP contribution in [0.15, 0.2) is 77.7 Å². The molecule has 1 saturated heterocycles. The molecule has 1 aliphatic rings. The molecule has 1 aliphatic heterocycles. The molecule has 6 nitrogen and oxygen atoms in total. The Hall–Kier alpha value is -3.53. The van der Waals surface area contributed by atoms with Gasteiger partial charge in [0.15, 0.2) is 0 Å². The van der Waals surface area contributed by atoms with E-state index >= 15 is 0 Å². The largest absolute Gasteiger partial charge is 0.416 e. The first kappa shape index (κ1) is 24.6. The minimum atomic E-state index is -4.59. The Morgan fingerprint density at radius 2 is 1.49 bits per heavy atom. The molecule has 184 valence electrons. The highest BCUT2D eigenvalue weighted by atomic mass is 32.2. The second-order valence-electron chi connectivity index (χ2n) is 8.26. The van der Waals surface area contributed by atoms with E-state index in [2.05, 4.69) is 14.9 Å². The number of anilines is 3. The Labute approximate surface area is 201 Å². The van der Waals surface area contributed by atoms with Crippen molar-refractivity contribution in [3.05, 3.63) is 83.9 Å². The van der Waals surface area contributed by atoms with Gasteiger partial charge in [0.25, 0.3) is 15.9 Å². The number of alkyl halides is 3. The van der Waals surface area contributed by atoms with Gasteiger partial charge in [0.1, 0.15) is 0 Å². The van der Waals surface area contributed by atoms with Crippen LogP contribution in [0.4, 0.5) is 30.2 Å². The maximum Gasteiger partial charge on any atom is 0.416 e. The van der Waals surface area contributed by atoms with Crippen LogP contribution in [0.25, 0.3) is 0 Å². The lowest BCUT2D eigenvalue weighted by atomic mass is 10.1. The predicted octanol–water partition coefficient (Wildman–Crippen LogP) is 5.75. The van der Waals surface area contributed by atoms with Gasteiger partial charge in [0.05, 0.1) is 10.5 Å². The van der Waals surface area contributed by atoms with E-state index < -0.39 is 21.8 Å². The average Bonchev–Trinajstić information content (AvgIpc) is 2.84. The zero-order valence-electron chi connectivity index (χ0n) is 18.7. The van der Waals surface area contributed by atoms with Crippen LogP contribution >= 0.6 is 0 Å². The molecule has 0 saturated carbocycles. The molecule has 0 unspecified atom stereocenters. The second-order valence-corrected chi connectivity index (χ2v) is 9.94. The highest BCUT2D eigenvalue weighted by Crippen LogP contribution is 2.31. The summed E-state index contributed by atoms with van der Waals surface area (Å²) in [6.45, 7) is 2.01. The zero-order valence-corrected chi connectivity index (χ0v) is 19.5. The summed E-state index contributed by atoms with van der Waals surface area (Å²) < 4.78 is 66.0. The van der Waals surface area contributed by atoms with Gasteiger partial charge < -0.3 is 10.2 Å². The van der Waals surface area contributed by atoms with Crippen LogP contribution < -0.4 is 14.9 Å². The number of hydrogen-bond acceptors (Lipinski definition) is 4. The summed E-state index contributed by atoms with van der Waals surface area (Å²) in [4.78, 5) is 14.7. The minimum Gasteiger partial charge on any atom is -0.372 e. The Kier molecular flexibility index (Phi) is 7.02. The molecule has 1 fully saturated rings. The molecule has 2 N–H and O–H groups in total. The highest BCUT2D eigenvalue weighted by molar-refractivity contribution is 7.92. The van der Waals surface area contributed by atoms with Crippen molar-refractivity contribution in [1.82, 2.24) is 0 Å². The predicted molar refractivity (Wildman–Crippen MR) is 129 cm³/mol. The molecular formula is C25H24F3N3O3S. The number of halogens is 3. The SMILES string of the molecule is O=C(Nc1ccc(S(=O)(=O)Nc2cccc(C(F)(F)F)c2)cc1)c1ccc(N2CCCCC2)cc1. The van der Waals surface area contributed by atoms with E-state index in [4.69, 9.17) is 0 Å². The second kappa shape index (κ2) is 9.99. The van der Waals surface area contributed by atoms with Crippen LogP contribution in [0.5, 0.6) is 0 Å². The summed E-state index contributed by atoms with van der Waals surface area (Å²) in [5, 5.41) is 2.72. The third-order valence-corrected chi connectivity index (χ3v) is 7.11. The topological polar surface area (TPSA) is 78.5 Å². The normalized spacial score (nSPS) is 14.4. The summed E-state index contributed by atoms with van der Waals surface area (Å²) in [6, 6.07) is 16.6. The number of carbonyl (C=O) groups is 1. The van der Waals surface area contributed by atoms with Gasteiger partial charge in [-0.2, -0.15) is 13.2 Å². The van der Waals surface area contributed by atoms with Gasteiger partial charge in [0, 0.05) is 35.7 Å². The van der Waals surface area contributed by atoms with Crippen LogP contribution in [-0.2, 0) is 16.2 Å². The van der Waals surface area contributed by atoms with Gasteiger partial charge in [-0.05, 0) is 86.0 Å². The maximum absolute atomic E-state index is 12.9. The smallest absolute Gasteiger partial charge is 0.372 e. The Balaban J connectivity index is 1.40. The molecule has 1 heterocycles. The van der Waals surface area contributed by atoms with E-state index in [1.54, 1.807) is 12.1 Å². The molecule has 35 heavy (non-hydrogen) atoms. The van der Waals surface area contributed by atoms with Crippen molar-refractivity contribution in [2.24, 2.45) is 0 Å². The fourth-order valence-corrected chi connectivity index (χ4v) is 4.92. The first-order valence-corrected chi connectivity index (χ1v) is 12.6. The van der Waals surface area contributed by atoms with Gasteiger partial charge in [-0.3, -0.25) is 9.52 Å². The quantitative estimate of drug-likeness (QED) is 0.449. The Morgan fingerprint density at radius 3 is 2.11 bits per heavy atom. The minimum absolute atomic E-state index is 0.154. The van der Waals surface area contributed by atoms with E-state index in [0.717, 1.165) is 49.8 Å². The van der Waals surface area contributed by atoms with Crippen LogP contribution in [0.3, 0.4) is 0 Å². The third-order valence-electron chi connectivity index (χ3n) is 5.72. The van der Waals surface area contributed by atoms with Gasteiger partial charge in [-0.15, -0.1) is 0 Å². The van der Waals surface area contributed by atoms with Gasteiger partial charge >= 0.3 is 6.18 Å². The molecule has 10 heteroatoms. The molecule has 1 amide bonds. The number of carbonyl (C=O) groups excluding carboxylic acids is 1. The summed E-state index contributed by atoms with van der Waals surface area (Å²) >= 11 is 0. The molecule has 3 aromatic rings. The highest BCUT2D eigenvalue weighted by Gasteiger charge is 2.30. The number of nitrogens with zero attached hydrogens (tertiary/aromatic N) is 1. The molecular weight excluding hydrogens is 479 g/mol. The van der Waals surface area contributed by atoms with Crippen LogP contribution in [-0.4, -0.2) is 27.4 Å². The van der Waals surface area contributed by atoms with Gasteiger partial charge in [-0.25, -0.2) is 8.42 Å². The molecule has 0 radical (unpaired) electrons. The van der Waals surface area contributed by atoms with Crippen molar-refractivity contribution in [2.75, 3.05) is 28.0 Å². The van der Waals surface area contributed by atoms with Crippen LogP contribution in [0, 0.1) is 0 Å². The molecule has 3 aromatic carbocycles. The number of nitrogens with one attached hydrogen (secondary N) is 2. The standard InChI is InChI=1S/C25H24F3N3O3S/c26-25(27,28)19-5-4-6-21(17-19)30-35(33,34)23-13-9-20(10-14-23)29-24(32)18-7-11-22(12-8-18)31-15-2-1-3-16-31/h4-14,17,30H,1-3,15-16H2,(H,29,32).